The number of phenols is 2. The van der Waals surface area contributed by atoms with Gasteiger partial charge in [0.2, 0.25) is 0 Å². The second-order valence-electron chi connectivity index (χ2n) is 4.61. The Balaban J connectivity index is 2.30. The monoisotopic (exact) mass is 322 g/mol. The topological polar surface area (TPSA) is 76.0 Å². The van der Waals surface area contributed by atoms with Crippen molar-refractivity contribution in [3.8, 4) is 23.0 Å². The molecule has 0 saturated heterocycles. The van der Waals surface area contributed by atoms with Crippen LogP contribution < -0.4 is 9.47 Å². The van der Waals surface area contributed by atoms with Gasteiger partial charge in [-0.1, -0.05) is 11.6 Å². The number of aromatic hydroxyl groups is 2. The summed E-state index contributed by atoms with van der Waals surface area (Å²) >= 11 is 6.10. The van der Waals surface area contributed by atoms with Crippen molar-refractivity contribution in [1.82, 2.24) is 0 Å². The zero-order valence-electron chi connectivity index (χ0n) is 12.1. The van der Waals surface area contributed by atoms with Crippen LogP contribution in [0.5, 0.6) is 23.0 Å². The molecule has 2 aromatic carbocycles. The first-order valence-corrected chi connectivity index (χ1v) is 6.79. The number of hydrogen-bond acceptors (Lipinski definition) is 5. The number of phenolic OH excluding ortho intramolecular Hbond substituents is 2. The summed E-state index contributed by atoms with van der Waals surface area (Å²) < 4.78 is 10.3. The summed E-state index contributed by atoms with van der Waals surface area (Å²) in [5.74, 6) is 0.140. The Hall–Kier alpha value is -2.40. The standard InChI is InChI=1S/C16H15ClO5/c1-21-15-7-9(5-12(17)16(15)22-2)6-13(19)11-4-3-10(18)8-14(11)20/h3-5,7-8,18,20H,6H2,1-2H3. The minimum atomic E-state index is -0.305. The highest BCUT2D eigenvalue weighted by atomic mass is 35.5. The van der Waals surface area contributed by atoms with Crippen LogP contribution in [0, 0.1) is 0 Å². The van der Waals surface area contributed by atoms with Crippen LogP contribution >= 0.6 is 11.6 Å². The van der Waals surface area contributed by atoms with E-state index in [0.717, 1.165) is 6.07 Å². The fraction of sp³-hybridized carbons (Fsp3) is 0.188. The van der Waals surface area contributed by atoms with Crippen LogP contribution in [0.4, 0.5) is 0 Å². The third kappa shape index (κ3) is 3.26. The van der Waals surface area contributed by atoms with Crippen molar-refractivity contribution in [2.45, 2.75) is 6.42 Å². The fourth-order valence-corrected chi connectivity index (χ4v) is 2.42. The second kappa shape index (κ2) is 6.58. The number of carbonyl (C=O) groups is 1. The van der Waals surface area contributed by atoms with Gasteiger partial charge in [0.25, 0.3) is 0 Å². The Labute approximate surface area is 132 Å². The van der Waals surface area contributed by atoms with Gasteiger partial charge in [-0.05, 0) is 29.8 Å². The molecule has 0 fully saturated rings. The maximum absolute atomic E-state index is 12.3. The Kier molecular flexibility index (Phi) is 4.78. The molecule has 0 heterocycles. The molecule has 2 aromatic rings. The Morgan fingerprint density at radius 1 is 1.14 bits per heavy atom. The summed E-state index contributed by atoms with van der Waals surface area (Å²) in [5.41, 5.74) is 0.754. The third-order valence-electron chi connectivity index (χ3n) is 3.14. The first-order chi connectivity index (χ1) is 10.5. The number of halogens is 1. The number of ether oxygens (including phenoxy) is 2. The molecule has 0 aliphatic rings. The van der Waals surface area contributed by atoms with Gasteiger partial charge in [0.15, 0.2) is 17.3 Å². The average Bonchev–Trinajstić information content (AvgIpc) is 2.46. The number of benzene rings is 2. The summed E-state index contributed by atoms with van der Waals surface area (Å²) in [7, 11) is 2.95. The summed E-state index contributed by atoms with van der Waals surface area (Å²) in [6.07, 6.45) is 0.0262. The maximum atomic E-state index is 12.3. The first-order valence-electron chi connectivity index (χ1n) is 6.41. The van der Waals surface area contributed by atoms with Crippen molar-refractivity contribution in [3.63, 3.8) is 0 Å². The predicted octanol–water partition coefficient (Wildman–Crippen LogP) is 3.19. The lowest BCUT2D eigenvalue weighted by molar-refractivity contribution is 0.0990. The van der Waals surface area contributed by atoms with Crippen LogP contribution in [0.25, 0.3) is 0 Å². The van der Waals surface area contributed by atoms with E-state index in [4.69, 9.17) is 21.1 Å². The molecule has 2 rings (SSSR count). The van der Waals surface area contributed by atoms with E-state index in [-0.39, 0.29) is 29.3 Å². The van der Waals surface area contributed by atoms with Crippen molar-refractivity contribution < 1.29 is 24.5 Å². The summed E-state index contributed by atoms with van der Waals surface area (Å²) in [6.45, 7) is 0. The zero-order valence-corrected chi connectivity index (χ0v) is 12.8. The minimum Gasteiger partial charge on any atom is -0.508 e. The van der Waals surface area contributed by atoms with E-state index in [2.05, 4.69) is 0 Å². The molecular weight excluding hydrogens is 308 g/mol. The van der Waals surface area contributed by atoms with Crippen molar-refractivity contribution in [3.05, 3.63) is 46.5 Å². The van der Waals surface area contributed by atoms with E-state index in [0.29, 0.717) is 22.1 Å². The molecule has 0 unspecified atom stereocenters. The molecule has 0 aliphatic heterocycles. The quantitative estimate of drug-likeness (QED) is 0.827. The average molecular weight is 323 g/mol. The van der Waals surface area contributed by atoms with E-state index >= 15 is 0 Å². The highest BCUT2D eigenvalue weighted by molar-refractivity contribution is 6.32. The van der Waals surface area contributed by atoms with Gasteiger partial charge in [0.05, 0.1) is 24.8 Å². The molecule has 0 spiro atoms. The van der Waals surface area contributed by atoms with Gasteiger partial charge in [-0.2, -0.15) is 0 Å². The molecule has 0 amide bonds. The van der Waals surface area contributed by atoms with Crippen LogP contribution in [-0.4, -0.2) is 30.2 Å². The van der Waals surface area contributed by atoms with Crippen molar-refractivity contribution in [1.29, 1.82) is 0 Å². The number of Topliss-reactive ketones (excluding diaryl/α,β-unsaturated/α-hetero) is 1. The number of carbonyl (C=O) groups excluding carboxylic acids is 1. The Morgan fingerprint density at radius 3 is 2.45 bits per heavy atom. The molecular formula is C16H15ClO5. The molecule has 0 radical (unpaired) electrons. The van der Waals surface area contributed by atoms with Gasteiger partial charge in [-0.25, -0.2) is 0 Å². The molecule has 2 N–H and O–H groups in total. The summed E-state index contributed by atoms with van der Waals surface area (Å²) in [4.78, 5) is 12.3. The lowest BCUT2D eigenvalue weighted by Gasteiger charge is -2.11. The van der Waals surface area contributed by atoms with Crippen molar-refractivity contribution in [2.24, 2.45) is 0 Å². The maximum Gasteiger partial charge on any atom is 0.179 e. The van der Waals surface area contributed by atoms with Gasteiger partial charge in [0.1, 0.15) is 11.5 Å². The van der Waals surface area contributed by atoms with Crippen LogP contribution in [0.15, 0.2) is 30.3 Å². The summed E-state index contributed by atoms with van der Waals surface area (Å²) in [6, 6.07) is 7.09. The number of ketones is 1. The number of rotatable bonds is 5. The molecule has 0 saturated carbocycles. The second-order valence-corrected chi connectivity index (χ2v) is 5.02. The highest BCUT2D eigenvalue weighted by Gasteiger charge is 2.16. The van der Waals surface area contributed by atoms with E-state index in [1.54, 1.807) is 12.1 Å². The van der Waals surface area contributed by atoms with Crippen LogP contribution in [0.3, 0.4) is 0 Å². The largest absolute Gasteiger partial charge is 0.508 e. The van der Waals surface area contributed by atoms with Gasteiger partial charge in [-0.3, -0.25) is 4.79 Å². The van der Waals surface area contributed by atoms with Crippen molar-refractivity contribution >= 4 is 17.4 Å². The predicted molar refractivity (Wildman–Crippen MR) is 82.4 cm³/mol. The Morgan fingerprint density at radius 2 is 1.86 bits per heavy atom. The van der Waals surface area contributed by atoms with Gasteiger partial charge in [-0.15, -0.1) is 0 Å². The molecule has 22 heavy (non-hydrogen) atoms. The lowest BCUT2D eigenvalue weighted by atomic mass is 10.0. The number of hydrogen-bond donors (Lipinski definition) is 2. The molecule has 0 aliphatic carbocycles. The molecule has 0 atom stereocenters. The van der Waals surface area contributed by atoms with Crippen LogP contribution in [0.2, 0.25) is 5.02 Å². The summed E-state index contributed by atoms with van der Waals surface area (Å²) in [5, 5.41) is 19.3. The molecule has 5 nitrogen and oxygen atoms in total. The fourth-order valence-electron chi connectivity index (χ4n) is 2.11. The smallest absolute Gasteiger partial charge is 0.179 e. The lowest BCUT2D eigenvalue weighted by Crippen LogP contribution is -2.04. The van der Waals surface area contributed by atoms with E-state index in [9.17, 15) is 15.0 Å². The SMILES string of the molecule is COc1cc(CC(=O)c2ccc(O)cc2O)cc(Cl)c1OC. The normalized spacial score (nSPS) is 10.3. The van der Waals surface area contributed by atoms with Gasteiger partial charge < -0.3 is 19.7 Å². The van der Waals surface area contributed by atoms with Gasteiger partial charge >= 0.3 is 0 Å². The van der Waals surface area contributed by atoms with E-state index in [1.807, 2.05) is 0 Å². The first kappa shape index (κ1) is 16.0. The van der Waals surface area contributed by atoms with Gasteiger partial charge in [0, 0.05) is 12.5 Å². The molecule has 6 heteroatoms. The third-order valence-corrected chi connectivity index (χ3v) is 3.42. The van der Waals surface area contributed by atoms with Crippen LogP contribution in [0.1, 0.15) is 15.9 Å². The minimum absolute atomic E-state index is 0.0262. The van der Waals surface area contributed by atoms with E-state index in [1.165, 1.54) is 26.4 Å². The molecule has 0 bridgehead atoms. The molecule has 0 aromatic heterocycles. The van der Waals surface area contributed by atoms with E-state index < -0.39 is 0 Å². The number of methoxy groups -OCH3 is 2. The zero-order chi connectivity index (χ0) is 16.3. The van der Waals surface area contributed by atoms with Crippen LogP contribution in [-0.2, 0) is 6.42 Å². The Bertz CT molecular complexity index is 712. The molecule has 116 valence electrons. The van der Waals surface area contributed by atoms with Crippen molar-refractivity contribution in [2.75, 3.05) is 14.2 Å². The highest BCUT2D eigenvalue weighted by Crippen LogP contribution is 2.36.